The van der Waals surface area contributed by atoms with Crippen LogP contribution in [-0.4, -0.2) is 9.97 Å². The number of aromatic nitrogens is 2. The summed E-state index contributed by atoms with van der Waals surface area (Å²) >= 11 is 0. The van der Waals surface area contributed by atoms with Gasteiger partial charge in [0.1, 0.15) is 0 Å². The van der Waals surface area contributed by atoms with E-state index in [0.29, 0.717) is 5.92 Å². The Morgan fingerprint density at radius 2 is 1.48 bits per heavy atom. The van der Waals surface area contributed by atoms with Crippen molar-refractivity contribution in [2.45, 2.75) is 90.4 Å². The fourth-order valence-corrected chi connectivity index (χ4v) is 4.37. The third kappa shape index (κ3) is 5.89. The SMILES string of the molecule is CCCCC[C@H]1CC[C@H](c2cnc(-c3ccc(CCCC)cc3)nc2)CC1. The van der Waals surface area contributed by atoms with Crippen LogP contribution in [0.15, 0.2) is 36.7 Å². The fourth-order valence-electron chi connectivity index (χ4n) is 4.37. The molecule has 2 nitrogen and oxygen atoms in total. The van der Waals surface area contributed by atoms with Gasteiger partial charge in [-0.1, -0.05) is 70.2 Å². The quantitative estimate of drug-likeness (QED) is 0.435. The zero-order valence-corrected chi connectivity index (χ0v) is 17.3. The molecule has 1 saturated carbocycles. The molecule has 3 rings (SSSR count). The number of hydrogen-bond acceptors (Lipinski definition) is 2. The summed E-state index contributed by atoms with van der Waals surface area (Å²) in [5.41, 5.74) is 3.87. The molecule has 0 spiro atoms. The number of unbranched alkanes of at least 4 members (excludes halogenated alkanes) is 3. The van der Waals surface area contributed by atoms with E-state index in [1.54, 1.807) is 0 Å². The largest absolute Gasteiger partial charge is 0.236 e. The van der Waals surface area contributed by atoms with Crippen molar-refractivity contribution >= 4 is 0 Å². The molecule has 0 radical (unpaired) electrons. The number of benzene rings is 1. The molecule has 146 valence electrons. The Balaban J connectivity index is 1.53. The van der Waals surface area contributed by atoms with E-state index >= 15 is 0 Å². The Labute approximate surface area is 165 Å². The minimum absolute atomic E-state index is 0.665. The van der Waals surface area contributed by atoms with Crippen LogP contribution in [0, 0.1) is 5.92 Å². The second-order valence-corrected chi connectivity index (χ2v) is 8.35. The van der Waals surface area contributed by atoms with Crippen molar-refractivity contribution in [2.24, 2.45) is 5.92 Å². The summed E-state index contributed by atoms with van der Waals surface area (Å²) < 4.78 is 0. The van der Waals surface area contributed by atoms with Gasteiger partial charge in [-0.15, -0.1) is 0 Å². The topological polar surface area (TPSA) is 25.8 Å². The minimum Gasteiger partial charge on any atom is -0.236 e. The van der Waals surface area contributed by atoms with Gasteiger partial charge in [-0.05, 0) is 61.5 Å². The Morgan fingerprint density at radius 3 is 2.11 bits per heavy atom. The van der Waals surface area contributed by atoms with E-state index < -0.39 is 0 Å². The second-order valence-electron chi connectivity index (χ2n) is 8.35. The van der Waals surface area contributed by atoms with E-state index in [9.17, 15) is 0 Å². The first-order chi connectivity index (χ1) is 13.3. The zero-order valence-electron chi connectivity index (χ0n) is 17.3. The van der Waals surface area contributed by atoms with Crippen molar-refractivity contribution in [3.8, 4) is 11.4 Å². The molecule has 1 fully saturated rings. The minimum atomic E-state index is 0.665. The highest BCUT2D eigenvalue weighted by Gasteiger charge is 2.22. The average Bonchev–Trinajstić information content (AvgIpc) is 2.73. The van der Waals surface area contributed by atoms with Crippen molar-refractivity contribution in [3.63, 3.8) is 0 Å². The van der Waals surface area contributed by atoms with Gasteiger partial charge in [-0.3, -0.25) is 0 Å². The lowest BCUT2D eigenvalue weighted by molar-refractivity contribution is 0.302. The number of hydrogen-bond donors (Lipinski definition) is 0. The van der Waals surface area contributed by atoms with Gasteiger partial charge in [-0.25, -0.2) is 9.97 Å². The van der Waals surface area contributed by atoms with Crippen LogP contribution in [0.3, 0.4) is 0 Å². The Hall–Kier alpha value is -1.70. The van der Waals surface area contributed by atoms with Crippen LogP contribution in [0.2, 0.25) is 0 Å². The fraction of sp³-hybridized carbons (Fsp3) is 0.600. The third-order valence-corrected chi connectivity index (χ3v) is 6.24. The molecule has 1 heterocycles. The van der Waals surface area contributed by atoms with Gasteiger partial charge in [-0.2, -0.15) is 0 Å². The van der Waals surface area contributed by atoms with Crippen LogP contribution < -0.4 is 0 Å². The smallest absolute Gasteiger partial charge is 0.159 e. The highest BCUT2D eigenvalue weighted by molar-refractivity contribution is 5.55. The lowest BCUT2D eigenvalue weighted by Gasteiger charge is -2.28. The van der Waals surface area contributed by atoms with E-state index in [1.165, 1.54) is 75.3 Å². The molecule has 27 heavy (non-hydrogen) atoms. The van der Waals surface area contributed by atoms with Gasteiger partial charge in [0, 0.05) is 18.0 Å². The number of aryl methyl sites for hydroxylation is 1. The van der Waals surface area contributed by atoms with E-state index in [-0.39, 0.29) is 0 Å². The van der Waals surface area contributed by atoms with Crippen molar-refractivity contribution in [2.75, 3.05) is 0 Å². The molecule has 1 aliphatic rings. The molecule has 0 atom stereocenters. The first-order valence-corrected chi connectivity index (χ1v) is 11.2. The van der Waals surface area contributed by atoms with Gasteiger partial charge in [0.2, 0.25) is 0 Å². The molecular weight excluding hydrogens is 328 g/mol. The van der Waals surface area contributed by atoms with Crippen LogP contribution in [-0.2, 0) is 6.42 Å². The molecule has 1 aliphatic carbocycles. The summed E-state index contributed by atoms with van der Waals surface area (Å²) in [6, 6.07) is 8.78. The maximum Gasteiger partial charge on any atom is 0.159 e. The van der Waals surface area contributed by atoms with Gasteiger partial charge in [0.25, 0.3) is 0 Å². The van der Waals surface area contributed by atoms with Crippen molar-refractivity contribution in [3.05, 3.63) is 47.8 Å². The predicted molar refractivity (Wildman–Crippen MR) is 115 cm³/mol. The first-order valence-electron chi connectivity index (χ1n) is 11.2. The molecule has 0 bridgehead atoms. The zero-order chi connectivity index (χ0) is 18.9. The second kappa shape index (κ2) is 10.6. The molecule has 1 aromatic heterocycles. The monoisotopic (exact) mass is 364 g/mol. The van der Waals surface area contributed by atoms with Gasteiger partial charge >= 0.3 is 0 Å². The molecule has 0 saturated heterocycles. The standard InChI is InChI=1S/C25H36N2/c1-3-5-7-9-21-10-14-22(15-11-21)24-18-26-25(27-19-24)23-16-12-20(13-17-23)8-6-4-2/h12-13,16-19,21-22H,3-11,14-15H2,1-2H3/t21-,22-. The van der Waals surface area contributed by atoms with Crippen LogP contribution in [0.4, 0.5) is 0 Å². The lowest BCUT2D eigenvalue weighted by Crippen LogP contribution is -2.14. The summed E-state index contributed by atoms with van der Waals surface area (Å²) in [7, 11) is 0. The molecule has 0 N–H and O–H groups in total. The maximum atomic E-state index is 4.68. The summed E-state index contributed by atoms with van der Waals surface area (Å²) in [5.74, 6) is 2.48. The Morgan fingerprint density at radius 1 is 0.815 bits per heavy atom. The molecule has 0 amide bonds. The van der Waals surface area contributed by atoms with Gasteiger partial charge < -0.3 is 0 Å². The van der Waals surface area contributed by atoms with E-state index in [0.717, 1.165) is 23.7 Å². The van der Waals surface area contributed by atoms with Crippen molar-refractivity contribution < 1.29 is 0 Å². The van der Waals surface area contributed by atoms with E-state index in [2.05, 4.69) is 60.5 Å². The molecule has 2 aromatic rings. The molecule has 1 aromatic carbocycles. The van der Waals surface area contributed by atoms with E-state index in [4.69, 9.17) is 0 Å². The number of rotatable bonds is 9. The normalized spacial score (nSPS) is 19.9. The van der Waals surface area contributed by atoms with Crippen molar-refractivity contribution in [1.29, 1.82) is 0 Å². The van der Waals surface area contributed by atoms with Crippen LogP contribution >= 0.6 is 0 Å². The molecular formula is C25H36N2. The van der Waals surface area contributed by atoms with Crippen molar-refractivity contribution in [1.82, 2.24) is 9.97 Å². The molecule has 0 aliphatic heterocycles. The third-order valence-electron chi connectivity index (χ3n) is 6.24. The first kappa shape index (κ1) is 20.0. The summed E-state index contributed by atoms with van der Waals surface area (Å²) in [6.45, 7) is 4.53. The van der Waals surface area contributed by atoms with Gasteiger partial charge in [0.05, 0.1) is 0 Å². The predicted octanol–water partition coefficient (Wildman–Crippen LogP) is 7.34. The highest BCUT2D eigenvalue weighted by atomic mass is 14.9. The Bertz CT molecular complexity index is 652. The summed E-state index contributed by atoms with van der Waals surface area (Å²) in [4.78, 5) is 9.37. The highest BCUT2D eigenvalue weighted by Crippen LogP contribution is 2.37. The maximum absolute atomic E-state index is 4.68. The average molecular weight is 365 g/mol. The summed E-state index contributed by atoms with van der Waals surface area (Å²) in [5, 5.41) is 0. The molecule has 0 unspecified atom stereocenters. The lowest BCUT2D eigenvalue weighted by atomic mass is 9.77. The Kier molecular flexibility index (Phi) is 7.86. The van der Waals surface area contributed by atoms with E-state index in [1.807, 2.05) is 0 Å². The van der Waals surface area contributed by atoms with Gasteiger partial charge in [0.15, 0.2) is 5.82 Å². The van der Waals surface area contributed by atoms with Crippen LogP contribution in [0.25, 0.3) is 11.4 Å². The summed E-state index contributed by atoms with van der Waals surface area (Å²) in [6.07, 6.45) is 18.8. The molecule has 2 heteroatoms. The number of nitrogens with zero attached hydrogens (tertiary/aromatic N) is 2. The van der Waals surface area contributed by atoms with Crippen LogP contribution in [0.5, 0.6) is 0 Å². The van der Waals surface area contributed by atoms with Crippen LogP contribution in [0.1, 0.15) is 95.1 Å².